The average molecular weight is 235 g/mol. The fraction of sp³-hybridized carbons (Fsp3) is 0.571. The number of fused-ring (bicyclic) bond motifs is 1. The summed E-state index contributed by atoms with van der Waals surface area (Å²) < 4.78 is 10.7. The van der Waals surface area contributed by atoms with Crippen LogP contribution in [0.5, 0.6) is 11.5 Å². The summed E-state index contributed by atoms with van der Waals surface area (Å²) in [4.78, 5) is 2.35. The molecule has 0 saturated heterocycles. The molecule has 17 heavy (non-hydrogen) atoms. The van der Waals surface area contributed by atoms with Gasteiger partial charge in [0.1, 0.15) is 0 Å². The molecule has 0 saturated carbocycles. The van der Waals surface area contributed by atoms with Gasteiger partial charge in [-0.3, -0.25) is 0 Å². The maximum atomic E-state index is 5.38. The number of hydrogen-bond acceptors (Lipinski definition) is 3. The van der Waals surface area contributed by atoms with Crippen LogP contribution in [-0.4, -0.2) is 25.3 Å². The van der Waals surface area contributed by atoms with Crippen molar-refractivity contribution < 1.29 is 9.47 Å². The van der Waals surface area contributed by atoms with Gasteiger partial charge in [0, 0.05) is 6.54 Å². The van der Waals surface area contributed by atoms with E-state index in [0.29, 0.717) is 6.79 Å². The van der Waals surface area contributed by atoms with Crippen LogP contribution in [0, 0.1) is 0 Å². The third kappa shape index (κ3) is 3.37. The van der Waals surface area contributed by atoms with E-state index >= 15 is 0 Å². The van der Waals surface area contributed by atoms with Crippen LogP contribution in [0.25, 0.3) is 0 Å². The summed E-state index contributed by atoms with van der Waals surface area (Å²) in [6, 6.07) is 6.19. The lowest BCUT2D eigenvalue weighted by Gasteiger charge is -2.16. The van der Waals surface area contributed by atoms with Crippen molar-refractivity contribution in [2.75, 3.05) is 20.4 Å². The predicted octanol–water partition coefficient (Wildman–Crippen LogP) is 3.04. The number of benzene rings is 1. The van der Waals surface area contributed by atoms with Gasteiger partial charge >= 0.3 is 0 Å². The molecule has 0 aromatic heterocycles. The second kappa shape index (κ2) is 5.92. The minimum atomic E-state index is 0.352. The van der Waals surface area contributed by atoms with Crippen LogP contribution in [0.3, 0.4) is 0 Å². The van der Waals surface area contributed by atoms with E-state index in [1.165, 1.54) is 24.8 Å². The van der Waals surface area contributed by atoms with Crippen LogP contribution in [0.2, 0.25) is 0 Å². The molecular formula is C14H21NO2. The van der Waals surface area contributed by atoms with E-state index in [1.54, 1.807) is 0 Å². The molecule has 0 fully saturated rings. The Morgan fingerprint density at radius 1 is 1.18 bits per heavy atom. The van der Waals surface area contributed by atoms with Gasteiger partial charge in [-0.25, -0.2) is 0 Å². The Kier molecular flexibility index (Phi) is 4.26. The SMILES string of the molecule is CCCCCN(C)Cc1ccc2c(c1)OCO2. The lowest BCUT2D eigenvalue weighted by atomic mass is 10.2. The summed E-state index contributed by atoms with van der Waals surface area (Å²) in [5, 5.41) is 0. The van der Waals surface area contributed by atoms with Crippen molar-refractivity contribution in [2.45, 2.75) is 32.7 Å². The third-order valence-corrected chi connectivity index (χ3v) is 3.03. The minimum Gasteiger partial charge on any atom is -0.454 e. The molecule has 1 heterocycles. The molecule has 0 atom stereocenters. The van der Waals surface area contributed by atoms with Crippen LogP contribution >= 0.6 is 0 Å². The molecule has 1 aliphatic heterocycles. The summed E-state index contributed by atoms with van der Waals surface area (Å²) >= 11 is 0. The number of hydrogen-bond donors (Lipinski definition) is 0. The van der Waals surface area contributed by atoms with E-state index in [0.717, 1.165) is 24.6 Å². The fourth-order valence-corrected chi connectivity index (χ4v) is 2.06. The Labute approximate surface area is 103 Å². The monoisotopic (exact) mass is 235 g/mol. The van der Waals surface area contributed by atoms with Crippen molar-refractivity contribution in [3.8, 4) is 11.5 Å². The second-order valence-electron chi connectivity index (χ2n) is 4.63. The topological polar surface area (TPSA) is 21.7 Å². The standard InChI is InChI=1S/C14H21NO2/c1-3-4-5-8-15(2)10-12-6-7-13-14(9-12)17-11-16-13/h6-7,9H,3-5,8,10-11H2,1-2H3. The minimum absolute atomic E-state index is 0.352. The van der Waals surface area contributed by atoms with Crippen LogP contribution in [0.1, 0.15) is 31.7 Å². The Hall–Kier alpha value is -1.22. The molecule has 0 bridgehead atoms. The molecule has 0 amide bonds. The first-order chi connectivity index (χ1) is 8.29. The van der Waals surface area contributed by atoms with E-state index in [2.05, 4.69) is 31.0 Å². The Morgan fingerprint density at radius 2 is 2.00 bits per heavy atom. The Bertz CT molecular complexity index is 365. The average Bonchev–Trinajstić information content (AvgIpc) is 2.76. The lowest BCUT2D eigenvalue weighted by Crippen LogP contribution is -2.18. The summed E-state index contributed by atoms with van der Waals surface area (Å²) in [5.74, 6) is 1.74. The van der Waals surface area contributed by atoms with E-state index in [4.69, 9.17) is 9.47 Å². The van der Waals surface area contributed by atoms with E-state index in [9.17, 15) is 0 Å². The first-order valence-electron chi connectivity index (χ1n) is 6.36. The third-order valence-electron chi connectivity index (χ3n) is 3.03. The molecule has 0 aliphatic carbocycles. The van der Waals surface area contributed by atoms with Crippen molar-refractivity contribution in [2.24, 2.45) is 0 Å². The van der Waals surface area contributed by atoms with Crippen LogP contribution in [0.4, 0.5) is 0 Å². The van der Waals surface area contributed by atoms with Gasteiger partial charge in [-0.15, -0.1) is 0 Å². The Morgan fingerprint density at radius 3 is 2.82 bits per heavy atom. The lowest BCUT2D eigenvalue weighted by molar-refractivity contribution is 0.174. The van der Waals surface area contributed by atoms with E-state index < -0.39 is 0 Å². The van der Waals surface area contributed by atoms with Crippen molar-refractivity contribution in [1.29, 1.82) is 0 Å². The maximum absolute atomic E-state index is 5.38. The molecular weight excluding hydrogens is 214 g/mol. The molecule has 0 radical (unpaired) electrons. The van der Waals surface area contributed by atoms with Crippen molar-refractivity contribution in [3.63, 3.8) is 0 Å². The normalized spacial score (nSPS) is 13.4. The Balaban J connectivity index is 1.86. The first-order valence-corrected chi connectivity index (χ1v) is 6.36. The molecule has 3 nitrogen and oxygen atoms in total. The highest BCUT2D eigenvalue weighted by molar-refractivity contribution is 5.44. The highest BCUT2D eigenvalue weighted by Crippen LogP contribution is 2.32. The first kappa shape index (κ1) is 12.2. The number of nitrogens with zero attached hydrogens (tertiary/aromatic N) is 1. The summed E-state index contributed by atoms with van der Waals surface area (Å²) in [6.07, 6.45) is 3.86. The zero-order valence-corrected chi connectivity index (χ0v) is 10.7. The highest BCUT2D eigenvalue weighted by Gasteiger charge is 2.13. The van der Waals surface area contributed by atoms with Crippen molar-refractivity contribution in [3.05, 3.63) is 23.8 Å². The molecule has 1 aromatic carbocycles. The van der Waals surface area contributed by atoms with Crippen molar-refractivity contribution >= 4 is 0 Å². The largest absolute Gasteiger partial charge is 0.454 e. The molecule has 94 valence electrons. The van der Waals surface area contributed by atoms with Gasteiger partial charge in [0.05, 0.1) is 0 Å². The molecule has 2 rings (SSSR count). The predicted molar refractivity (Wildman–Crippen MR) is 68.4 cm³/mol. The van der Waals surface area contributed by atoms with E-state index in [1.807, 2.05) is 6.07 Å². The second-order valence-corrected chi connectivity index (χ2v) is 4.63. The number of rotatable bonds is 6. The van der Waals surface area contributed by atoms with Crippen molar-refractivity contribution in [1.82, 2.24) is 4.90 Å². The summed E-state index contributed by atoms with van der Waals surface area (Å²) in [6.45, 7) is 4.71. The molecule has 0 spiro atoms. The van der Waals surface area contributed by atoms with Gasteiger partial charge < -0.3 is 14.4 Å². The van der Waals surface area contributed by atoms with Gasteiger partial charge in [-0.2, -0.15) is 0 Å². The molecule has 1 aliphatic rings. The fourth-order valence-electron chi connectivity index (χ4n) is 2.06. The quantitative estimate of drug-likeness (QED) is 0.707. The van der Waals surface area contributed by atoms with Crippen LogP contribution in [-0.2, 0) is 6.54 Å². The zero-order chi connectivity index (χ0) is 12.1. The smallest absolute Gasteiger partial charge is 0.231 e. The molecule has 1 aromatic rings. The van der Waals surface area contributed by atoms with Gasteiger partial charge in [-0.1, -0.05) is 25.8 Å². The highest BCUT2D eigenvalue weighted by atomic mass is 16.7. The van der Waals surface area contributed by atoms with Gasteiger partial charge in [0.2, 0.25) is 6.79 Å². The van der Waals surface area contributed by atoms with Crippen LogP contribution in [0.15, 0.2) is 18.2 Å². The molecule has 0 N–H and O–H groups in total. The van der Waals surface area contributed by atoms with Crippen LogP contribution < -0.4 is 9.47 Å². The van der Waals surface area contributed by atoms with E-state index in [-0.39, 0.29) is 0 Å². The molecule has 3 heteroatoms. The number of unbranched alkanes of at least 4 members (excludes halogenated alkanes) is 2. The zero-order valence-electron chi connectivity index (χ0n) is 10.7. The number of ether oxygens (including phenoxy) is 2. The van der Waals surface area contributed by atoms with Gasteiger partial charge in [0.15, 0.2) is 11.5 Å². The van der Waals surface area contributed by atoms with Gasteiger partial charge in [0.25, 0.3) is 0 Å². The maximum Gasteiger partial charge on any atom is 0.231 e. The summed E-state index contributed by atoms with van der Waals surface area (Å²) in [7, 11) is 2.17. The summed E-state index contributed by atoms with van der Waals surface area (Å²) in [5.41, 5.74) is 1.29. The van der Waals surface area contributed by atoms with Gasteiger partial charge in [-0.05, 0) is 37.7 Å². The molecule has 0 unspecified atom stereocenters.